The molecule has 16 heavy (non-hydrogen) atoms. The predicted molar refractivity (Wildman–Crippen MR) is 46.6 cm³/mol. The number of rotatable bonds is 2. The van der Waals surface area contributed by atoms with Crippen LogP contribution in [0.25, 0.3) is 0 Å². The molecule has 0 amide bonds. The first kappa shape index (κ1) is 12.2. The van der Waals surface area contributed by atoms with Crippen LogP contribution in [0.3, 0.4) is 0 Å². The fraction of sp³-hybridized carbons (Fsp3) is 0.222. The molecule has 1 aromatic rings. The molecule has 0 heterocycles. The topological polar surface area (TPSA) is 66.8 Å². The lowest BCUT2D eigenvalue weighted by Crippen LogP contribution is -2.09. The van der Waals surface area contributed by atoms with Crippen LogP contribution in [0.2, 0.25) is 0 Å². The first-order valence-electron chi connectivity index (χ1n) is 3.99. The van der Waals surface area contributed by atoms with E-state index in [0.717, 1.165) is 7.11 Å². The third kappa shape index (κ3) is 2.02. The largest absolute Gasteiger partial charge is 0.504 e. The number of halogens is 3. The molecule has 0 radical (unpaired) electrons. The zero-order valence-electron chi connectivity index (χ0n) is 8.00. The van der Waals surface area contributed by atoms with Crippen molar-refractivity contribution in [3.05, 3.63) is 23.3 Å². The van der Waals surface area contributed by atoms with Crippen LogP contribution in [0.15, 0.2) is 12.1 Å². The summed E-state index contributed by atoms with van der Waals surface area (Å²) in [6.45, 7) is 0. The zero-order chi connectivity index (χ0) is 12.5. The predicted octanol–water partition coefficient (Wildman–Crippen LogP) is 2.12. The van der Waals surface area contributed by atoms with Crippen LogP contribution in [0, 0.1) is 0 Å². The van der Waals surface area contributed by atoms with Crippen LogP contribution in [-0.2, 0) is 6.18 Å². The standard InChI is InChI=1S/C9H7F3O4/c1-16-7-5(9(10,11)12)3-2-4(6(7)13)8(14)15/h2-3,13H,1H3,(H,14,15). The molecule has 0 unspecified atom stereocenters. The molecule has 0 aromatic heterocycles. The van der Waals surface area contributed by atoms with Gasteiger partial charge in [0.15, 0.2) is 11.5 Å². The van der Waals surface area contributed by atoms with Gasteiger partial charge in [-0.25, -0.2) is 4.79 Å². The number of hydrogen-bond donors (Lipinski definition) is 2. The monoisotopic (exact) mass is 236 g/mol. The molecule has 0 bridgehead atoms. The Labute approximate surface area is 87.9 Å². The molecule has 0 spiro atoms. The smallest absolute Gasteiger partial charge is 0.420 e. The quantitative estimate of drug-likeness (QED) is 0.825. The fourth-order valence-electron chi connectivity index (χ4n) is 1.17. The number of carbonyl (C=O) groups is 1. The molecule has 2 N–H and O–H groups in total. The van der Waals surface area contributed by atoms with Gasteiger partial charge in [0.1, 0.15) is 11.1 Å². The molecule has 7 heteroatoms. The molecule has 0 fully saturated rings. The van der Waals surface area contributed by atoms with Crippen molar-refractivity contribution in [2.75, 3.05) is 7.11 Å². The van der Waals surface area contributed by atoms with Gasteiger partial charge >= 0.3 is 12.1 Å². The Hall–Kier alpha value is -1.92. The van der Waals surface area contributed by atoms with Crippen molar-refractivity contribution in [3.63, 3.8) is 0 Å². The van der Waals surface area contributed by atoms with Gasteiger partial charge in [0.05, 0.1) is 7.11 Å². The summed E-state index contributed by atoms with van der Waals surface area (Å²) in [7, 11) is 0.913. The van der Waals surface area contributed by atoms with Crippen LogP contribution in [0.4, 0.5) is 13.2 Å². The molecule has 1 rings (SSSR count). The van der Waals surface area contributed by atoms with Gasteiger partial charge in [-0.1, -0.05) is 0 Å². The van der Waals surface area contributed by atoms with E-state index in [1.165, 1.54) is 0 Å². The van der Waals surface area contributed by atoms with Crippen LogP contribution < -0.4 is 4.74 Å². The Morgan fingerprint density at radius 1 is 1.38 bits per heavy atom. The minimum absolute atomic E-state index is 0.544. The van der Waals surface area contributed by atoms with Crippen molar-refractivity contribution in [1.82, 2.24) is 0 Å². The van der Waals surface area contributed by atoms with Gasteiger partial charge in [-0.2, -0.15) is 13.2 Å². The number of aromatic carboxylic acids is 1. The number of carboxylic acids is 1. The van der Waals surface area contributed by atoms with Crippen LogP contribution >= 0.6 is 0 Å². The van der Waals surface area contributed by atoms with Crippen molar-refractivity contribution >= 4 is 5.97 Å². The Bertz CT molecular complexity index is 425. The van der Waals surface area contributed by atoms with Crippen molar-refractivity contribution in [1.29, 1.82) is 0 Å². The normalized spacial score (nSPS) is 11.2. The van der Waals surface area contributed by atoms with E-state index in [2.05, 4.69) is 4.74 Å². The molecule has 0 atom stereocenters. The Balaban J connectivity index is 3.47. The van der Waals surface area contributed by atoms with Crippen LogP contribution in [0.5, 0.6) is 11.5 Å². The summed E-state index contributed by atoms with van der Waals surface area (Å²) in [5.41, 5.74) is -1.87. The van der Waals surface area contributed by atoms with E-state index < -0.39 is 34.8 Å². The lowest BCUT2D eigenvalue weighted by atomic mass is 10.1. The highest BCUT2D eigenvalue weighted by Crippen LogP contribution is 2.42. The maximum absolute atomic E-state index is 12.4. The molecular formula is C9H7F3O4. The summed E-state index contributed by atoms with van der Waals surface area (Å²) in [6, 6.07) is 1.21. The van der Waals surface area contributed by atoms with Crippen molar-refractivity contribution in [3.8, 4) is 11.5 Å². The van der Waals surface area contributed by atoms with Gasteiger partial charge in [-0.3, -0.25) is 0 Å². The molecule has 0 aliphatic rings. The summed E-state index contributed by atoms with van der Waals surface area (Å²) in [5, 5.41) is 17.9. The number of hydrogen-bond acceptors (Lipinski definition) is 3. The fourth-order valence-corrected chi connectivity index (χ4v) is 1.17. The van der Waals surface area contributed by atoms with E-state index in [9.17, 15) is 23.1 Å². The molecule has 0 aliphatic heterocycles. The second-order valence-corrected chi connectivity index (χ2v) is 2.85. The number of alkyl halides is 3. The minimum atomic E-state index is -4.72. The number of ether oxygens (including phenoxy) is 1. The highest BCUT2D eigenvalue weighted by atomic mass is 19.4. The van der Waals surface area contributed by atoms with Gasteiger partial charge in [0, 0.05) is 0 Å². The molecule has 1 aromatic carbocycles. The van der Waals surface area contributed by atoms with Crippen molar-refractivity contribution in [2.45, 2.75) is 6.18 Å². The second kappa shape index (κ2) is 3.92. The lowest BCUT2D eigenvalue weighted by molar-refractivity contribution is -0.138. The average molecular weight is 236 g/mol. The maximum atomic E-state index is 12.4. The number of carboxylic acid groups (broad SMARTS) is 1. The third-order valence-electron chi connectivity index (χ3n) is 1.87. The van der Waals surface area contributed by atoms with Gasteiger partial charge in [-0.05, 0) is 12.1 Å². The van der Waals surface area contributed by atoms with Gasteiger partial charge in [0.25, 0.3) is 0 Å². The summed E-state index contributed by atoms with van der Waals surface area (Å²) >= 11 is 0. The van der Waals surface area contributed by atoms with Crippen molar-refractivity contribution < 1.29 is 32.9 Å². The Morgan fingerprint density at radius 2 is 1.94 bits per heavy atom. The second-order valence-electron chi connectivity index (χ2n) is 2.85. The number of phenols is 1. The summed E-state index contributed by atoms with van der Waals surface area (Å²) in [4.78, 5) is 10.6. The number of methoxy groups -OCH3 is 1. The highest BCUT2D eigenvalue weighted by molar-refractivity contribution is 5.92. The van der Waals surface area contributed by atoms with Crippen LogP contribution in [-0.4, -0.2) is 23.3 Å². The summed E-state index contributed by atoms with van der Waals surface area (Å²) in [6.07, 6.45) is -4.72. The Kier molecular flexibility index (Phi) is 2.97. The first-order valence-corrected chi connectivity index (χ1v) is 3.99. The van der Waals surface area contributed by atoms with E-state index in [0.29, 0.717) is 12.1 Å². The lowest BCUT2D eigenvalue weighted by Gasteiger charge is -2.14. The van der Waals surface area contributed by atoms with E-state index in [4.69, 9.17) is 5.11 Å². The zero-order valence-corrected chi connectivity index (χ0v) is 8.00. The summed E-state index contributed by atoms with van der Waals surface area (Å²) in [5.74, 6) is -3.47. The molecule has 88 valence electrons. The molecule has 0 aliphatic carbocycles. The molecule has 0 saturated heterocycles. The van der Waals surface area contributed by atoms with Crippen LogP contribution in [0.1, 0.15) is 15.9 Å². The van der Waals surface area contributed by atoms with E-state index >= 15 is 0 Å². The van der Waals surface area contributed by atoms with E-state index in [1.54, 1.807) is 0 Å². The number of aromatic hydroxyl groups is 1. The van der Waals surface area contributed by atoms with E-state index in [-0.39, 0.29) is 0 Å². The van der Waals surface area contributed by atoms with Gasteiger partial charge in [0.2, 0.25) is 0 Å². The number of benzene rings is 1. The Morgan fingerprint density at radius 3 is 2.31 bits per heavy atom. The first-order chi connectivity index (χ1) is 7.29. The average Bonchev–Trinajstić information content (AvgIpc) is 2.15. The van der Waals surface area contributed by atoms with Gasteiger partial charge < -0.3 is 14.9 Å². The molecule has 4 nitrogen and oxygen atoms in total. The van der Waals surface area contributed by atoms with Gasteiger partial charge in [-0.15, -0.1) is 0 Å². The molecule has 0 saturated carbocycles. The van der Waals surface area contributed by atoms with E-state index in [1.807, 2.05) is 0 Å². The maximum Gasteiger partial charge on any atom is 0.420 e. The highest BCUT2D eigenvalue weighted by Gasteiger charge is 2.36. The minimum Gasteiger partial charge on any atom is -0.504 e. The van der Waals surface area contributed by atoms with Crippen molar-refractivity contribution in [2.24, 2.45) is 0 Å². The SMILES string of the molecule is COc1c(C(F)(F)F)ccc(C(=O)O)c1O. The third-order valence-corrected chi connectivity index (χ3v) is 1.87. The summed E-state index contributed by atoms with van der Waals surface area (Å²) < 4.78 is 41.6. The molecular weight excluding hydrogens is 229 g/mol.